The SMILES string of the molecule is CNC1(C(=O)O)CCCC1CCOCCOCCOC. The van der Waals surface area contributed by atoms with Gasteiger partial charge in [-0.1, -0.05) is 6.42 Å². The van der Waals surface area contributed by atoms with Crippen molar-refractivity contribution in [2.75, 3.05) is 47.2 Å². The van der Waals surface area contributed by atoms with E-state index in [2.05, 4.69) is 5.32 Å². The van der Waals surface area contributed by atoms with Crippen LogP contribution in [0.5, 0.6) is 0 Å². The zero-order chi connectivity index (χ0) is 14.8. The highest BCUT2D eigenvalue weighted by atomic mass is 16.5. The summed E-state index contributed by atoms with van der Waals surface area (Å²) in [5, 5.41) is 12.4. The van der Waals surface area contributed by atoms with E-state index in [1.807, 2.05) is 0 Å². The van der Waals surface area contributed by atoms with Crippen molar-refractivity contribution in [2.24, 2.45) is 5.92 Å². The summed E-state index contributed by atoms with van der Waals surface area (Å²) in [7, 11) is 3.37. The molecule has 118 valence electrons. The summed E-state index contributed by atoms with van der Waals surface area (Å²) < 4.78 is 15.7. The maximum absolute atomic E-state index is 11.5. The molecule has 0 radical (unpaired) electrons. The van der Waals surface area contributed by atoms with Crippen LogP contribution in [0.3, 0.4) is 0 Å². The molecule has 6 heteroatoms. The first-order valence-corrected chi connectivity index (χ1v) is 7.24. The molecule has 0 bridgehead atoms. The molecule has 0 aromatic rings. The monoisotopic (exact) mass is 289 g/mol. The van der Waals surface area contributed by atoms with Crippen LogP contribution in [-0.2, 0) is 19.0 Å². The van der Waals surface area contributed by atoms with E-state index in [1.165, 1.54) is 0 Å². The number of carboxylic acids is 1. The van der Waals surface area contributed by atoms with Gasteiger partial charge in [-0.2, -0.15) is 0 Å². The largest absolute Gasteiger partial charge is 0.480 e. The minimum Gasteiger partial charge on any atom is -0.480 e. The minimum atomic E-state index is -0.766. The fourth-order valence-corrected chi connectivity index (χ4v) is 2.88. The molecule has 2 atom stereocenters. The predicted molar refractivity (Wildman–Crippen MR) is 74.9 cm³/mol. The zero-order valence-electron chi connectivity index (χ0n) is 12.5. The van der Waals surface area contributed by atoms with Gasteiger partial charge < -0.3 is 24.6 Å². The van der Waals surface area contributed by atoms with Crippen LogP contribution in [0.2, 0.25) is 0 Å². The van der Waals surface area contributed by atoms with Crippen molar-refractivity contribution >= 4 is 5.97 Å². The van der Waals surface area contributed by atoms with Crippen LogP contribution in [-0.4, -0.2) is 63.8 Å². The summed E-state index contributed by atoms with van der Waals surface area (Å²) in [5.74, 6) is -0.607. The van der Waals surface area contributed by atoms with Gasteiger partial charge in [0.15, 0.2) is 0 Å². The van der Waals surface area contributed by atoms with Crippen LogP contribution in [0.1, 0.15) is 25.7 Å². The number of ether oxygens (including phenoxy) is 3. The number of rotatable bonds is 11. The van der Waals surface area contributed by atoms with E-state index in [4.69, 9.17) is 14.2 Å². The molecule has 0 spiro atoms. The Morgan fingerprint density at radius 1 is 1.25 bits per heavy atom. The summed E-state index contributed by atoms with van der Waals surface area (Å²) >= 11 is 0. The molecule has 0 aromatic carbocycles. The van der Waals surface area contributed by atoms with Gasteiger partial charge in [-0.15, -0.1) is 0 Å². The number of methoxy groups -OCH3 is 1. The number of hydrogen-bond acceptors (Lipinski definition) is 5. The lowest BCUT2D eigenvalue weighted by Gasteiger charge is -2.30. The molecule has 1 aliphatic carbocycles. The highest BCUT2D eigenvalue weighted by Gasteiger charge is 2.47. The molecular formula is C14H27NO5. The average molecular weight is 289 g/mol. The second-order valence-corrected chi connectivity index (χ2v) is 5.12. The van der Waals surface area contributed by atoms with Crippen molar-refractivity contribution in [3.63, 3.8) is 0 Å². The second kappa shape index (κ2) is 9.28. The number of likely N-dealkylation sites (N-methyl/N-ethyl adjacent to an activating group) is 1. The van der Waals surface area contributed by atoms with Crippen LogP contribution in [0.4, 0.5) is 0 Å². The normalized spacial score (nSPS) is 26.0. The van der Waals surface area contributed by atoms with Gasteiger partial charge in [-0.25, -0.2) is 0 Å². The van der Waals surface area contributed by atoms with Gasteiger partial charge >= 0.3 is 5.97 Å². The average Bonchev–Trinajstić information content (AvgIpc) is 2.86. The Labute approximate surface area is 120 Å². The predicted octanol–water partition coefficient (Wildman–Crippen LogP) is 0.899. The van der Waals surface area contributed by atoms with E-state index in [9.17, 15) is 9.90 Å². The summed E-state index contributed by atoms with van der Waals surface area (Å²) in [6.45, 7) is 2.82. The quantitative estimate of drug-likeness (QED) is 0.550. The molecule has 0 saturated heterocycles. The minimum absolute atomic E-state index is 0.138. The van der Waals surface area contributed by atoms with Crippen molar-refractivity contribution in [2.45, 2.75) is 31.2 Å². The number of carbonyl (C=O) groups is 1. The van der Waals surface area contributed by atoms with Crippen LogP contribution < -0.4 is 5.32 Å². The van der Waals surface area contributed by atoms with Gasteiger partial charge in [-0.05, 0) is 32.2 Å². The smallest absolute Gasteiger partial charge is 0.324 e. The summed E-state index contributed by atoms with van der Waals surface area (Å²) in [4.78, 5) is 11.5. The van der Waals surface area contributed by atoms with Crippen molar-refractivity contribution in [3.05, 3.63) is 0 Å². The highest BCUT2D eigenvalue weighted by molar-refractivity contribution is 5.79. The molecule has 1 aliphatic rings. The van der Waals surface area contributed by atoms with E-state index in [0.29, 0.717) is 39.5 Å². The molecule has 2 unspecified atom stereocenters. The van der Waals surface area contributed by atoms with Crippen molar-refractivity contribution in [1.82, 2.24) is 5.32 Å². The molecule has 0 heterocycles. The summed E-state index contributed by atoms with van der Waals surface area (Å²) in [6.07, 6.45) is 3.37. The lowest BCUT2D eigenvalue weighted by atomic mass is 9.85. The van der Waals surface area contributed by atoms with E-state index in [1.54, 1.807) is 14.2 Å². The Morgan fingerprint density at radius 2 is 1.90 bits per heavy atom. The van der Waals surface area contributed by atoms with Crippen LogP contribution in [0, 0.1) is 5.92 Å². The molecule has 6 nitrogen and oxygen atoms in total. The number of carboxylic acid groups (broad SMARTS) is 1. The third-order valence-corrected chi connectivity index (χ3v) is 4.06. The molecule has 2 N–H and O–H groups in total. The Morgan fingerprint density at radius 3 is 2.50 bits per heavy atom. The van der Waals surface area contributed by atoms with Crippen LogP contribution in [0.25, 0.3) is 0 Å². The second-order valence-electron chi connectivity index (χ2n) is 5.12. The Bertz CT molecular complexity index is 287. The summed E-state index contributed by atoms with van der Waals surface area (Å²) in [5.41, 5.74) is -0.766. The highest BCUT2D eigenvalue weighted by Crippen LogP contribution is 2.37. The van der Waals surface area contributed by atoms with Gasteiger partial charge in [0.25, 0.3) is 0 Å². The Hall–Kier alpha value is -0.690. The third-order valence-electron chi connectivity index (χ3n) is 4.06. The Kier molecular flexibility index (Phi) is 8.06. The summed E-state index contributed by atoms with van der Waals surface area (Å²) in [6, 6.07) is 0. The number of nitrogens with one attached hydrogen (secondary N) is 1. The first kappa shape index (κ1) is 17.4. The topological polar surface area (TPSA) is 77.0 Å². The fraction of sp³-hybridized carbons (Fsp3) is 0.929. The van der Waals surface area contributed by atoms with E-state index in [0.717, 1.165) is 19.3 Å². The third kappa shape index (κ3) is 4.70. The van der Waals surface area contributed by atoms with Crippen molar-refractivity contribution in [3.8, 4) is 0 Å². The molecule has 20 heavy (non-hydrogen) atoms. The first-order valence-electron chi connectivity index (χ1n) is 7.24. The van der Waals surface area contributed by atoms with Gasteiger partial charge in [0.05, 0.1) is 26.4 Å². The van der Waals surface area contributed by atoms with Gasteiger partial charge in [0, 0.05) is 13.7 Å². The van der Waals surface area contributed by atoms with Crippen molar-refractivity contribution in [1.29, 1.82) is 0 Å². The molecule has 1 rings (SSSR count). The lowest BCUT2D eigenvalue weighted by Crippen LogP contribution is -2.53. The molecule has 0 aromatic heterocycles. The van der Waals surface area contributed by atoms with E-state index in [-0.39, 0.29) is 5.92 Å². The van der Waals surface area contributed by atoms with Gasteiger partial charge in [0.1, 0.15) is 5.54 Å². The maximum atomic E-state index is 11.5. The van der Waals surface area contributed by atoms with Crippen molar-refractivity contribution < 1.29 is 24.1 Å². The zero-order valence-corrected chi connectivity index (χ0v) is 12.5. The standard InChI is InChI=1S/C14H27NO5/c1-15-14(13(16)17)6-3-4-12(14)5-7-19-10-11-20-9-8-18-2/h12,15H,3-11H2,1-2H3,(H,16,17). The first-order chi connectivity index (χ1) is 9.67. The van der Waals surface area contributed by atoms with Gasteiger partial charge in [0.2, 0.25) is 0 Å². The van der Waals surface area contributed by atoms with E-state index < -0.39 is 11.5 Å². The molecule has 0 aliphatic heterocycles. The molecule has 0 amide bonds. The number of aliphatic carboxylic acids is 1. The fourth-order valence-electron chi connectivity index (χ4n) is 2.88. The van der Waals surface area contributed by atoms with E-state index >= 15 is 0 Å². The van der Waals surface area contributed by atoms with Crippen LogP contribution >= 0.6 is 0 Å². The van der Waals surface area contributed by atoms with Crippen LogP contribution in [0.15, 0.2) is 0 Å². The number of hydrogen-bond donors (Lipinski definition) is 2. The molecular weight excluding hydrogens is 262 g/mol. The lowest BCUT2D eigenvalue weighted by molar-refractivity contribution is -0.146. The maximum Gasteiger partial charge on any atom is 0.324 e. The molecule has 1 fully saturated rings. The molecule has 1 saturated carbocycles. The Balaban J connectivity index is 2.16. The van der Waals surface area contributed by atoms with Gasteiger partial charge in [-0.3, -0.25) is 4.79 Å².